The van der Waals surface area contributed by atoms with Gasteiger partial charge in [-0.3, -0.25) is 9.59 Å². The molecule has 5 heteroatoms. The van der Waals surface area contributed by atoms with E-state index in [4.69, 9.17) is 0 Å². The average molecular weight is 365 g/mol. The van der Waals surface area contributed by atoms with Gasteiger partial charge in [0, 0.05) is 42.1 Å². The minimum Gasteiger partial charge on any atom is -0.372 e. The van der Waals surface area contributed by atoms with Crippen LogP contribution in [-0.2, 0) is 0 Å². The zero-order valence-corrected chi connectivity index (χ0v) is 16.2. The lowest BCUT2D eigenvalue weighted by atomic mass is 10.1. The van der Waals surface area contributed by atoms with Crippen molar-refractivity contribution in [3.8, 4) is 0 Å². The number of rotatable bonds is 8. The van der Waals surface area contributed by atoms with Crippen LogP contribution in [0.5, 0.6) is 0 Å². The monoisotopic (exact) mass is 365 g/mol. The minimum atomic E-state index is -0.243. The van der Waals surface area contributed by atoms with Crippen LogP contribution in [0, 0.1) is 6.92 Å². The molecule has 142 valence electrons. The van der Waals surface area contributed by atoms with Gasteiger partial charge in [0.25, 0.3) is 11.8 Å². The van der Waals surface area contributed by atoms with Crippen LogP contribution in [0.4, 0.5) is 11.4 Å². The van der Waals surface area contributed by atoms with Crippen molar-refractivity contribution >= 4 is 23.2 Å². The van der Waals surface area contributed by atoms with E-state index in [0.29, 0.717) is 17.7 Å². The van der Waals surface area contributed by atoms with Crippen LogP contribution < -0.4 is 15.5 Å². The zero-order valence-electron chi connectivity index (χ0n) is 16.2. The van der Waals surface area contributed by atoms with Gasteiger partial charge in [-0.15, -0.1) is 6.58 Å². The Morgan fingerprint density at radius 3 is 2.30 bits per heavy atom. The molecule has 2 N–H and O–H groups in total. The number of amides is 2. The molecule has 0 radical (unpaired) electrons. The Kier molecular flexibility index (Phi) is 7.17. The maximum absolute atomic E-state index is 12.6. The molecule has 0 fully saturated rings. The summed E-state index contributed by atoms with van der Waals surface area (Å²) in [6.45, 7) is 12.0. The van der Waals surface area contributed by atoms with Gasteiger partial charge in [0.1, 0.15) is 0 Å². The van der Waals surface area contributed by atoms with Gasteiger partial charge in [-0.05, 0) is 62.7 Å². The average Bonchev–Trinajstić information content (AvgIpc) is 2.69. The molecule has 2 rings (SSSR count). The van der Waals surface area contributed by atoms with Crippen molar-refractivity contribution in [3.05, 3.63) is 71.8 Å². The van der Waals surface area contributed by atoms with E-state index < -0.39 is 0 Å². The molecule has 0 aliphatic carbocycles. The molecule has 0 unspecified atom stereocenters. The van der Waals surface area contributed by atoms with Crippen LogP contribution in [0.1, 0.15) is 40.1 Å². The van der Waals surface area contributed by atoms with E-state index in [1.807, 2.05) is 19.1 Å². The maximum atomic E-state index is 12.6. The number of hydrogen-bond donors (Lipinski definition) is 2. The largest absolute Gasteiger partial charge is 0.372 e. The highest BCUT2D eigenvalue weighted by Crippen LogP contribution is 2.23. The fourth-order valence-electron chi connectivity index (χ4n) is 2.84. The van der Waals surface area contributed by atoms with E-state index in [-0.39, 0.29) is 11.8 Å². The summed E-state index contributed by atoms with van der Waals surface area (Å²) in [5.74, 6) is -0.476. The molecule has 0 spiro atoms. The molecule has 0 heterocycles. The smallest absolute Gasteiger partial charge is 0.255 e. The number of hydrogen-bond acceptors (Lipinski definition) is 3. The second-order valence-corrected chi connectivity index (χ2v) is 6.21. The Balaban J connectivity index is 2.15. The van der Waals surface area contributed by atoms with Gasteiger partial charge in [0.05, 0.1) is 0 Å². The Bertz CT molecular complexity index is 826. The first-order chi connectivity index (χ1) is 13.0. The van der Waals surface area contributed by atoms with Crippen molar-refractivity contribution in [3.63, 3.8) is 0 Å². The SMILES string of the molecule is C=CCNC(=O)c1cccc(C(=O)Nc2ccc(N(CC)CC)cc2C)c1. The van der Waals surface area contributed by atoms with Gasteiger partial charge >= 0.3 is 0 Å². The highest BCUT2D eigenvalue weighted by molar-refractivity contribution is 6.06. The maximum Gasteiger partial charge on any atom is 0.255 e. The minimum absolute atomic E-state index is 0.232. The van der Waals surface area contributed by atoms with E-state index in [2.05, 4.69) is 42.0 Å². The first kappa shape index (κ1) is 20.2. The summed E-state index contributed by atoms with van der Waals surface area (Å²) in [6.07, 6.45) is 1.61. The lowest BCUT2D eigenvalue weighted by Crippen LogP contribution is -2.23. The summed E-state index contributed by atoms with van der Waals surface area (Å²) in [7, 11) is 0. The number of benzene rings is 2. The molecule has 0 saturated heterocycles. The van der Waals surface area contributed by atoms with E-state index in [1.165, 1.54) is 0 Å². The van der Waals surface area contributed by atoms with Gasteiger partial charge in [0.2, 0.25) is 0 Å². The van der Waals surface area contributed by atoms with Crippen molar-refractivity contribution < 1.29 is 9.59 Å². The summed E-state index contributed by atoms with van der Waals surface area (Å²) in [5.41, 5.74) is 3.77. The lowest BCUT2D eigenvalue weighted by molar-refractivity contribution is 0.0958. The molecule has 5 nitrogen and oxygen atoms in total. The van der Waals surface area contributed by atoms with Crippen molar-refractivity contribution in [1.82, 2.24) is 5.32 Å². The fourth-order valence-corrected chi connectivity index (χ4v) is 2.84. The van der Waals surface area contributed by atoms with Crippen molar-refractivity contribution in [1.29, 1.82) is 0 Å². The van der Waals surface area contributed by atoms with Gasteiger partial charge in [-0.2, -0.15) is 0 Å². The third-order valence-corrected chi connectivity index (χ3v) is 4.38. The van der Waals surface area contributed by atoms with Crippen molar-refractivity contribution in [2.75, 3.05) is 29.9 Å². The summed E-state index contributed by atoms with van der Waals surface area (Å²) >= 11 is 0. The summed E-state index contributed by atoms with van der Waals surface area (Å²) < 4.78 is 0. The topological polar surface area (TPSA) is 61.4 Å². The molecule has 0 aromatic heterocycles. The molecule has 0 aliphatic rings. The number of carbonyl (C=O) groups is 2. The molecule has 0 atom stereocenters. The lowest BCUT2D eigenvalue weighted by Gasteiger charge is -2.22. The third kappa shape index (κ3) is 5.20. The van der Waals surface area contributed by atoms with Crippen LogP contribution in [0.2, 0.25) is 0 Å². The van der Waals surface area contributed by atoms with E-state index in [9.17, 15) is 9.59 Å². The van der Waals surface area contributed by atoms with Gasteiger partial charge < -0.3 is 15.5 Å². The van der Waals surface area contributed by atoms with Crippen molar-refractivity contribution in [2.24, 2.45) is 0 Å². The van der Waals surface area contributed by atoms with Crippen LogP contribution in [0.25, 0.3) is 0 Å². The molecule has 27 heavy (non-hydrogen) atoms. The molecular formula is C22H27N3O2. The Morgan fingerprint density at radius 1 is 1.04 bits per heavy atom. The molecule has 2 aromatic carbocycles. The van der Waals surface area contributed by atoms with Crippen LogP contribution in [0.15, 0.2) is 55.1 Å². The Labute approximate surface area is 161 Å². The molecule has 0 saturated carbocycles. The first-order valence-electron chi connectivity index (χ1n) is 9.16. The van der Waals surface area contributed by atoms with E-state index in [0.717, 1.165) is 30.0 Å². The van der Waals surface area contributed by atoms with Crippen LogP contribution >= 0.6 is 0 Å². The van der Waals surface area contributed by atoms with Gasteiger partial charge in [-0.1, -0.05) is 12.1 Å². The highest BCUT2D eigenvalue weighted by atomic mass is 16.2. The van der Waals surface area contributed by atoms with E-state index in [1.54, 1.807) is 30.3 Å². The fraction of sp³-hybridized carbons (Fsp3) is 0.273. The Hall–Kier alpha value is -3.08. The molecular weight excluding hydrogens is 338 g/mol. The second kappa shape index (κ2) is 9.57. The number of nitrogens with zero attached hydrogens (tertiary/aromatic N) is 1. The van der Waals surface area contributed by atoms with Crippen LogP contribution in [-0.4, -0.2) is 31.4 Å². The molecule has 0 bridgehead atoms. The molecule has 2 aromatic rings. The number of carbonyl (C=O) groups excluding carboxylic acids is 2. The number of aryl methyl sites for hydroxylation is 1. The third-order valence-electron chi connectivity index (χ3n) is 4.38. The van der Waals surface area contributed by atoms with E-state index >= 15 is 0 Å². The van der Waals surface area contributed by atoms with Crippen molar-refractivity contribution in [2.45, 2.75) is 20.8 Å². The second-order valence-electron chi connectivity index (χ2n) is 6.21. The predicted octanol–water partition coefficient (Wildman–Crippen LogP) is 4.01. The summed E-state index contributed by atoms with van der Waals surface area (Å²) in [5, 5.41) is 5.64. The normalized spacial score (nSPS) is 10.2. The summed E-state index contributed by atoms with van der Waals surface area (Å²) in [4.78, 5) is 26.9. The first-order valence-corrected chi connectivity index (χ1v) is 9.16. The zero-order chi connectivity index (χ0) is 19.8. The Morgan fingerprint density at radius 2 is 1.70 bits per heavy atom. The number of nitrogens with one attached hydrogen (secondary N) is 2. The van der Waals surface area contributed by atoms with Gasteiger partial charge in [0.15, 0.2) is 0 Å². The van der Waals surface area contributed by atoms with Crippen LogP contribution in [0.3, 0.4) is 0 Å². The quantitative estimate of drug-likeness (QED) is 0.695. The standard InChI is InChI=1S/C22H27N3O2/c1-5-13-23-21(26)17-9-8-10-18(15-17)22(27)24-20-12-11-19(14-16(20)4)25(6-2)7-3/h5,8-12,14-15H,1,6-7,13H2,2-4H3,(H,23,26)(H,24,27). The molecule has 2 amide bonds. The highest BCUT2D eigenvalue weighted by Gasteiger charge is 2.12. The summed E-state index contributed by atoms with van der Waals surface area (Å²) in [6, 6.07) is 12.7. The molecule has 0 aliphatic heterocycles. The predicted molar refractivity (Wildman–Crippen MR) is 112 cm³/mol. The van der Waals surface area contributed by atoms with Gasteiger partial charge in [-0.25, -0.2) is 0 Å². The number of anilines is 2.